The fourth-order valence-corrected chi connectivity index (χ4v) is 2.99. The smallest absolute Gasteiger partial charge is 0.269 e. The first kappa shape index (κ1) is 21.3. The van der Waals surface area contributed by atoms with Crippen LogP contribution in [0.25, 0.3) is 6.08 Å². The molecule has 0 atom stereocenters. The van der Waals surface area contributed by atoms with E-state index in [9.17, 15) is 9.59 Å². The van der Waals surface area contributed by atoms with Gasteiger partial charge in [0.15, 0.2) is 23.0 Å². The Hall–Kier alpha value is -3.39. The van der Waals surface area contributed by atoms with Crippen LogP contribution in [0, 0.1) is 0 Å². The standard InChI is InChI=1S/C21H21ClN2O6/c1-3-28-16-6-5-14(12-17(16)27-2)21(26)24-23-19(25)7-4-13-10-15(22)20-18(11-13)29-8-9-30-20/h4-7,10-12H,3,8-9H2,1-2H3,(H,23,25)(H,24,26)/b7-4+. The van der Waals surface area contributed by atoms with E-state index in [1.165, 1.54) is 19.3 Å². The molecule has 0 aliphatic carbocycles. The summed E-state index contributed by atoms with van der Waals surface area (Å²) in [4.78, 5) is 24.3. The van der Waals surface area contributed by atoms with Gasteiger partial charge in [-0.25, -0.2) is 0 Å². The van der Waals surface area contributed by atoms with Crippen LogP contribution in [0.2, 0.25) is 5.02 Å². The molecular weight excluding hydrogens is 412 g/mol. The van der Waals surface area contributed by atoms with Crippen LogP contribution >= 0.6 is 11.6 Å². The van der Waals surface area contributed by atoms with Gasteiger partial charge in [-0.05, 0) is 48.9 Å². The number of ether oxygens (including phenoxy) is 4. The summed E-state index contributed by atoms with van der Waals surface area (Å²) in [5.74, 6) is 0.940. The summed E-state index contributed by atoms with van der Waals surface area (Å²) in [7, 11) is 1.48. The minimum atomic E-state index is -0.521. The van der Waals surface area contributed by atoms with Gasteiger partial charge in [-0.2, -0.15) is 0 Å². The molecule has 1 heterocycles. The molecule has 2 aromatic rings. The Bertz CT molecular complexity index is 976. The molecule has 2 amide bonds. The summed E-state index contributed by atoms with van der Waals surface area (Å²) >= 11 is 6.17. The predicted molar refractivity (Wildman–Crippen MR) is 111 cm³/mol. The molecule has 0 fully saturated rings. The van der Waals surface area contributed by atoms with Crippen LogP contribution in [0.5, 0.6) is 23.0 Å². The van der Waals surface area contributed by atoms with Crippen molar-refractivity contribution in [3.8, 4) is 23.0 Å². The highest BCUT2D eigenvalue weighted by molar-refractivity contribution is 6.32. The monoisotopic (exact) mass is 432 g/mol. The van der Waals surface area contributed by atoms with Crippen molar-refractivity contribution < 1.29 is 28.5 Å². The number of benzene rings is 2. The maximum atomic E-state index is 12.3. The molecule has 0 spiro atoms. The molecule has 0 radical (unpaired) electrons. The number of carbonyl (C=O) groups is 2. The van der Waals surface area contributed by atoms with Crippen molar-refractivity contribution in [1.29, 1.82) is 0 Å². The third-order valence-electron chi connectivity index (χ3n) is 4.07. The average Bonchev–Trinajstić information content (AvgIpc) is 2.76. The number of hydrogen-bond donors (Lipinski definition) is 2. The molecule has 30 heavy (non-hydrogen) atoms. The second-order valence-corrected chi connectivity index (χ2v) is 6.51. The largest absolute Gasteiger partial charge is 0.493 e. The molecule has 158 valence electrons. The second kappa shape index (κ2) is 9.89. The summed E-state index contributed by atoms with van der Waals surface area (Å²) in [6, 6.07) is 8.10. The number of hydrogen-bond acceptors (Lipinski definition) is 6. The molecule has 0 bridgehead atoms. The van der Waals surface area contributed by atoms with E-state index < -0.39 is 11.8 Å². The molecule has 0 saturated heterocycles. The zero-order valence-corrected chi connectivity index (χ0v) is 17.2. The fraction of sp³-hybridized carbons (Fsp3) is 0.238. The third kappa shape index (κ3) is 5.15. The molecule has 0 saturated carbocycles. The number of halogens is 1. The van der Waals surface area contributed by atoms with Crippen LogP contribution in [-0.2, 0) is 4.79 Å². The average molecular weight is 433 g/mol. The first-order chi connectivity index (χ1) is 14.5. The van der Waals surface area contributed by atoms with Gasteiger partial charge in [0, 0.05) is 11.6 Å². The number of methoxy groups -OCH3 is 1. The minimum Gasteiger partial charge on any atom is -0.493 e. The van der Waals surface area contributed by atoms with E-state index in [4.69, 9.17) is 30.5 Å². The number of rotatable bonds is 6. The first-order valence-corrected chi connectivity index (χ1v) is 9.58. The molecule has 0 aromatic heterocycles. The van der Waals surface area contributed by atoms with Gasteiger partial charge in [0.2, 0.25) is 0 Å². The second-order valence-electron chi connectivity index (χ2n) is 6.10. The lowest BCUT2D eigenvalue weighted by Gasteiger charge is -2.19. The van der Waals surface area contributed by atoms with Gasteiger partial charge in [-0.1, -0.05) is 11.6 Å². The highest BCUT2D eigenvalue weighted by Gasteiger charge is 2.16. The molecule has 1 aliphatic rings. The molecular formula is C21H21ClN2O6. The Labute approximate surface area is 178 Å². The Kier molecular flexibility index (Phi) is 7.03. The topological polar surface area (TPSA) is 95.1 Å². The summed E-state index contributed by atoms with van der Waals surface area (Å²) < 4.78 is 21.6. The maximum absolute atomic E-state index is 12.3. The lowest BCUT2D eigenvalue weighted by atomic mass is 10.1. The van der Waals surface area contributed by atoms with Gasteiger partial charge in [0.1, 0.15) is 13.2 Å². The van der Waals surface area contributed by atoms with Crippen LogP contribution in [0.4, 0.5) is 0 Å². The van der Waals surface area contributed by atoms with E-state index in [2.05, 4.69) is 10.9 Å². The number of nitrogens with one attached hydrogen (secondary N) is 2. The van der Waals surface area contributed by atoms with Crippen molar-refractivity contribution >= 4 is 29.5 Å². The van der Waals surface area contributed by atoms with Crippen LogP contribution in [-0.4, -0.2) is 38.7 Å². The van der Waals surface area contributed by atoms with Crippen molar-refractivity contribution in [2.24, 2.45) is 0 Å². The summed E-state index contributed by atoms with van der Waals surface area (Å²) in [6.07, 6.45) is 2.81. The molecule has 0 unspecified atom stereocenters. The Morgan fingerprint density at radius 2 is 1.93 bits per heavy atom. The number of fused-ring (bicyclic) bond motifs is 1. The summed E-state index contributed by atoms with van der Waals surface area (Å²) in [5, 5.41) is 0.394. The molecule has 1 aliphatic heterocycles. The van der Waals surface area contributed by atoms with Crippen LogP contribution in [0.15, 0.2) is 36.4 Å². The van der Waals surface area contributed by atoms with E-state index in [1.54, 1.807) is 30.3 Å². The van der Waals surface area contributed by atoms with E-state index in [1.807, 2.05) is 6.92 Å². The van der Waals surface area contributed by atoms with Crippen molar-refractivity contribution in [2.75, 3.05) is 26.9 Å². The third-order valence-corrected chi connectivity index (χ3v) is 4.35. The number of carbonyl (C=O) groups excluding carboxylic acids is 2. The van der Waals surface area contributed by atoms with Crippen molar-refractivity contribution in [2.45, 2.75) is 6.92 Å². The van der Waals surface area contributed by atoms with Crippen LogP contribution < -0.4 is 29.8 Å². The van der Waals surface area contributed by atoms with Gasteiger partial charge < -0.3 is 18.9 Å². The molecule has 2 aromatic carbocycles. The lowest BCUT2D eigenvalue weighted by Crippen LogP contribution is -2.40. The van der Waals surface area contributed by atoms with Gasteiger partial charge in [-0.15, -0.1) is 0 Å². The maximum Gasteiger partial charge on any atom is 0.269 e. The van der Waals surface area contributed by atoms with Crippen molar-refractivity contribution in [3.05, 3.63) is 52.6 Å². The van der Waals surface area contributed by atoms with Crippen LogP contribution in [0.3, 0.4) is 0 Å². The van der Waals surface area contributed by atoms with Crippen molar-refractivity contribution in [1.82, 2.24) is 10.9 Å². The summed E-state index contributed by atoms with van der Waals surface area (Å²) in [6.45, 7) is 3.19. The lowest BCUT2D eigenvalue weighted by molar-refractivity contribution is -0.117. The number of hydrazine groups is 1. The van der Waals surface area contributed by atoms with Gasteiger partial charge in [-0.3, -0.25) is 20.4 Å². The van der Waals surface area contributed by atoms with Crippen LogP contribution in [0.1, 0.15) is 22.8 Å². The van der Waals surface area contributed by atoms with E-state index >= 15 is 0 Å². The van der Waals surface area contributed by atoms with E-state index in [-0.39, 0.29) is 0 Å². The quantitative estimate of drug-likeness (QED) is 0.538. The number of amides is 2. The predicted octanol–water partition coefficient (Wildman–Crippen LogP) is 2.99. The Morgan fingerprint density at radius 3 is 2.70 bits per heavy atom. The summed E-state index contributed by atoms with van der Waals surface area (Å²) in [5.41, 5.74) is 5.62. The zero-order chi connectivity index (χ0) is 21.5. The molecule has 2 N–H and O–H groups in total. The Morgan fingerprint density at radius 1 is 1.13 bits per heavy atom. The van der Waals surface area contributed by atoms with Gasteiger partial charge in [0.25, 0.3) is 11.8 Å². The van der Waals surface area contributed by atoms with Gasteiger partial charge >= 0.3 is 0 Å². The highest BCUT2D eigenvalue weighted by Crippen LogP contribution is 2.38. The molecule has 8 nitrogen and oxygen atoms in total. The highest BCUT2D eigenvalue weighted by atomic mass is 35.5. The van der Waals surface area contributed by atoms with Crippen molar-refractivity contribution in [3.63, 3.8) is 0 Å². The first-order valence-electron chi connectivity index (χ1n) is 9.20. The van der Waals surface area contributed by atoms with Gasteiger partial charge in [0.05, 0.1) is 18.7 Å². The fourth-order valence-electron chi connectivity index (χ4n) is 2.71. The Balaban J connectivity index is 1.59. The molecule has 3 rings (SSSR count). The SMILES string of the molecule is CCOc1ccc(C(=O)NNC(=O)/C=C/c2cc(Cl)c3c(c2)OCCO3)cc1OC. The zero-order valence-electron chi connectivity index (χ0n) is 16.5. The minimum absolute atomic E-state index is 0.304. The van der Waals surface area contributed by atoms with E-state index in [0.717, 1.165) is 0 Å². The van der Waals surface area contributed by atoms with E-state index in [0.29, 0.717) is 59.0 Å². The molecule has 9 heteroatoms. The normalized spacial score (nSPS) is 12.4.